The van der Waals surface area contributed by atoms with Gasteiger partial charge in [0.25, 0.3) is 0 Å². The standard InChI is InChI=1S/C7H12N2/c8-4-6-1-2-7(3-6)5-9/h4-9H,1-3H2. The lowest BCUT2D eigenvalue weighted by Gasteiger charge is -1.98. The normalized spacial score (nSPS) is 34.2. The second kappa shape index (κ2) is 2.76. The highest BCUT2D eigenvalue weighted by Crippen LogP contribution is 2.27. The first-order valence-corrected chi connectivity index (χ1v) is 3.38. The zero-order chi connectivity index (χ0) is 6.69. The second-order valence-electron chi connectivity index (χ2n) is 2.67. The topological polar surface area (TPSA) is 47.7 Å². The van der Waals surface area contributed by atoms with E-state index in [-0.39, 0.29) is 0 Å². The molecule has 0 aromatic carbocycles. The van der Waals surface area contributed by atoms with Crippen LogP contribution in [0, 0.1) is 22.7 Å². The smallest absolute Gasteiger partial charge is 0.00165 e. The number of nitrogens with one attached hydrogen (secondary N) is 2. The van der Waals surface area contributed by atoms with Crippen molar-refractivity contribution in [2.75, 3.05) is 0 Å². The predicted molar refractivity (Wildman–Crippen MR) is 38.4 cm³/mol. The summed E-state index contributed by atoms with van der Waals surface area (Å²) < 4.78 is 0. The van der Waals surface area contributed by atoms with E-state index in [9.17, 15) is 0 Å². The van der Waals surface area contributed by atoms with Gasteiger partial charge in [-0.3, -0.25) is 0 Å². The molecular formula is C7H12N2. The fourth-order valence-electron chi connectivity index (χ4n) is 1.36. The third-order valence-electron chi connectivity index (χ3n) is 1.99. The van der Waals surface area contributed by atoms with Crippen LogP contribution in [0.5, 0.6) is 0 Å². The average molecular weight is 124 g/mol. The number of rotatable bonds is 2. The zero-order valence-electron chi connectivity index (χ0n) is 5.43. The average Bonchev–Trinajstić information content (AvgIpc) is 2.34. The minimum absolute atomic E-state index is 0.469. The van der Waals surface area contributed by atoms with Gasteiger partial charge >= 0.3 is 0 Å². The first kappa shape index (κ1) is 6.46. The van der Waals surface area contributed by atoms with Crippen molar-refractivity contribution in [1.82, 2.24) is 0 Å². The zero-order valence-corrected chi connectivity index (χ0v) is 5.43. The highest BCUT2D eigenvalue weighted by Gasteiger charge is 2.20. The molecular weight excluding hydrogens is 112 g/mol. The molecule has 2 unspecified atom stereocenters. The summed E-state index contributed by atoms with van der Waals surface area (Å²) >= 11 is 0. The van der Waals surface area contributed by atoms with E-state index in [1.165, 1.54) is 12.4 Å². The van der Waals surface area contributed by atoms with Gasteiger partial charge in [0, 0.05) is 0 Å². The summed E-state index contributed by atoms with van der Waals surface area (Å²) in [5.41, 5.74) is 0. The van der Waals surface area contributed by atoms with Crippen molar-refractivity contribution in [2.24, 2.45) is 11.8 Å². The van der Waals surface area contributed by atoms with Crippen LogP contribution >= 0.6 is 0 Å². The molecule has 1 saturated carbocycles. The number of hydrogen-bond donors (Lipinski definition) is 2. The fourth-order valence-corrected chi connectivity index (χ4v) is 1.36. The van der Waals surface area contributed by atoms with Crippen molar-refractivity contribution in [3.8, 4) is 0 Å². The molecule has 2 N–H and O–H groups in total. The van der Waals surface area contributed by atoms with E-state index in [0.717, 1.165) is 19.3 Å². The lowest BCUT2D eigenvalue weighted by atomic mass is 10.1. The first-order valence-electron chi connectivity index (χ1n) is 3.38. The first-order chi connectivity index (χ1) is 4.36. The molecule has 0 aromatic rings. The van der Waals surface area contributed by atoms with Crippen LogP contribution in [0.3, 0.4) is 0 Å². The van der Waals surface area contributed by atoms with Crippen LogP contribution < -0.4 is 0 Å². The summed E-state index contributed by atoms with van der Waals surface area (Å²) in [6.07, 6.45) is 6.30. The Balaban J connectivity index is 2.36. The van der Waals surface area contributed by atoms with Crippen LogP contribution in [0.1, 0.15) is 19.3 Å². The van der Waals surface area contributed by atoms with Gasteiger partial charge in [-0.2, -0.15) is 0 Å². The van der Waals surface area contributed by atoms with E-state index in [1.807, 2.05) is 0 Å². The Kier molecular flexibility index (Phi) is 1.98. The van der Waals surface area contributed by atoms with E-state index < -0.39 is 0 Å². The molecule has 0 saturated heterocycles. The predicted octanol–water partition coefficient (Wildman–Crippen LogP) is 1.70. The molecule has 1 aliphatic rings. The van der Waals surface area contributed by atoms with Crippen LogP contribution in [-0.4, -0.2) is 12.4 Å². The van der Waals surface area contributed by atoms with Gasteiger partial charge in [0.2, 0.25) is 0 Å². The molecule has 0 radical (unpaired) electrons. The minimum atomic E-state index is 0.469. The van der Waals surface area contributed by atoms with Crippen LogP contribution in [0.2, 0.25) is 0 Å². The van der Waals surface area contributed by atoms with Gasteiger partial charge in [-0.05, 0) is 43.5 Å². The molecule has 0 spiro atoms. The van der Waals surface area contributed by atoms with Crippen LogP contribution in [0.4, 0.5) is 0 Å². The van der Waals surface area contributed by atoms with Crippen molar-refractivity contribution < 1.29 is 0 Å². The monoisotopic (exact) mass is 124 g/mol. The molecule has 2 nitrogen and oxygen atoms in total. The van der Waals surface area contributed by atoms with Gasteiger partial charge in [0.15, 0.2) is 0 Å². The summed E-state index contributed by atoms with van der Waals surface area (Å²) in [5.74, 6) is 0.938. The summed E-state index contributed by atoms with van der Waals surface area (Å²) in [5, 5.41) is 13.9. The summed E-state index contributed by atoms with van der Waals surface area (Å²) in [6.45, 7) is 0. The van der Waals surface area contributed by atoms with Crippen LogP contribution in [0.15, 0.2) is 0 Å². The van der Waals surface area contributed by atoms with Gasteiger partial charge in [-0.15, -0.1) is 0 Å². The van der Waals surface area contributed by atoms with E-state index in [2.05, 4.69) is 0 Å². The van der Waals surface area contributed by atoms with Gasteiger partial charge in [-0.1, -0.05) is 0 Å². The lowest BCUT2D eigenvalue weighted by Crippen LogP contribution is -1.96. The second-order valence-corrected chi connectivity index (χ2v) is 2.67. The highest BCUT2D eigenvalue weighted by atomic mass is 14.4. The van der Waals surface area contributed by atoms with E-state index >= 15 is 0 Å². The molecule has 2 atom stereocenters. The van der Waals surface area contributed by atoms with Gasteiger partial charge < -0.3 is 10.8 Å². The highest BCUT2D eigenvalue weighted by molar-refractivity contribution is 5.62. The van der Waals surface area contributed by atoms with Crippen LogP contribution in [-0.2, 0) is 0 Å². The molecule has 0 bridgehead atoms. The molecule has 0 aromatic heterocycles. The number of hydrogen-bond acceptors (Lipinski definition) is 2. The SMILES string of the molecule is N=CC1CCC(C=N)C1. The maximum Gasteiger partial charge on any atom is -0.00165 e. The van der Waals surface area contributed by atoms with Gasteiger partial charge in [-0.25, -0.2) is 0 Å². The Morgan fingerprint density at radius 1 is 1.00 bits per heavy atom. The Morgan fingerprint density at radius 2 is 1.44 bits per heavy atom. The minimum Gasteiger partial charge on any atom is -0.313 e. The fraction of sp³-hybridized carbons (Fsp3) is 0.714. The summed E-state index contributed by atoms with van der Waals surface area (Å²) in [4.78, 5) is 0. The van der Waals surface area contributed by atoms with Crippen molar-refractivity contribution in [2.45, 2.75) is 19.3 Å². The van der Waals surface area contributed by atoms with E-state index in [1.54, 1.807) is 0 Å². The Hall–Kier alpha value is -0.660. The Labute approximate surface area is 55.3 Å². The molecule has 1 rings (SSSR count). The largest absolute Gasteiger partial charge is 0.313 e. The van der Waals surface area contributed by atoms with Crippen LogP contribution in [0.25, 0.3) is 0 Å². The van der Waals surface area contributed by atoms with Crippen molar-refractivity contribution in [1.29, 1.82) is 10.8 Å². The van der Waals surface area contributed by atoms with Crippen molar-refractivity contribution in [3.63, 3.8) is 0 Å². The lowest BCUT2D eigenvalue weighted by molar-refractivity contribution is 0.704. The maximum atomic E-state index is 6.96. The van der Waals surface area contributed by atoms with Gasteiger partial charge in [0.1, 0.15) is 0 Å². The third-order valence-corrected chi connectivity index (χ3v) is 1.99. The van der Waals surface area contributed by atoms with Gasteiger partial charge in [0.05, 0.1) is 0 Å². The van der Waals surface area contributed by atoms with E-state index in [0.29, 0.717) is 11.8 Å². The van der Waals surface area contributed by atoms with Crippen molar-refractivity contribution in [3.05, 3.63) is 0 Å². The van der Waals surface area contributed by atoms with Crippen molar-refractivity contribution >= 4 is 12.4 Å². The third kappa shape index (κ3) is 1.37. The molecule has 0 aliphatic heterocycles. The molecule has 0 heterocycles. The summed E-state index contributed by atoms with van der Waals surface area (Å²) in [7, 11) is 0. The Morgan fingerprint density at radius 3 is 1.67 bits per heavy atom. The quantitative estimate of drug-likeness (QED) is 0.526. The molecule has 2 heteroatoms. The Bertz CT molecular complexity index is 106. The molecule has 0 amide bonds. The molecule has 9 heavy (non-hydrogen) atoms. The summed E-state index contributed by atoms with van der Waals surface area (Å²) in [6, 6.07) is 0. The molecule has 50 valence electrons. The van der Waals surface area contributed by atoms with E-state index in [4.69, 9.17) is 10.8 Å². The molecule has 1 fully saturated rings. The maximum absolute atomic E-state index is 6.96. The molecule has 1 aliphatic carbocycles.